The number of ketones is 1. The molecule has 0 saturated heterocycles. The van der Waals surface area contributed by atoms with Crippen LogP contribution in [0.4, 0.5) is 4.39 Å². The Morgan fingerprint density at radius 2 is 1.82 bits per heavy atom. The summed E-state index contributed by atoms with van der Waals surface area (Å²) in [7, 11) is 0. The highest BCUT2D eigenvalue weighted by Gasteiger charge is 2.18. The number of carbonyl (C=O) groups excluding carboxylic acids is 1. The van der Waals surface area contributed by atoms with E-state index in [4.69, 9.17) is 11.6 Å². The minimum atomic E-state index is -0.332. The Morgan fingerprint density at radius 1 is 1.07 bits per heavy atom. The van der Waals surface area contributed by atoms with Crippen LogP contribution in [0.5, 0.6) is 0 Å². The maximum absolute atomic E-state index is 13.4. The molecule has 0 atom stereocenters. The number of thioether (sulfide) groups is 1. The van der Waals surface area contributed by atoms with Gasteiger partial charge in [0.15, 0.2) is 16.8 Å². The summed E-state index contributed by atoms with van der Waals surface area (Å²) in [5.74, 6) is 0.400. The maximum atomic E-state index is 13.4. The van der Waals surface area contributed by atoms with Gasteiger partial charge in [-0.3, -0.25) is 14.3 Å². The van der Waals surface area contributed by atoms with E-state index in [0.29, 0.717) is 25.9 Å². The van der Waals surface area contributed by atoms with Crippen molar-refractivity contribution in [2.45, 2.75) is 5.16 Å². The molecule has 0 N–H and O–H groups in total. The second kappa shape index (κ2) is 8.22. The Balaban J connectivity index is 1.68. The normalized spacial score (nSPS) is 10.9. The number of nitrogens with zero attached hydrogens (tertiary/aromatic N) is 4. The lowest BCUT2D eigenvalue weighted by Gasteiger charge is -2.10. The topological polar surface area (TPSA) is 60.7 Å². The van der Waals surface area contributed by atoms with Crippen molar-refractivity contribution in [2.75, 3.05) is 5.75 Å². The summed E-state index contributed by atoms with van der Waals surface area (Å²) < 4.78 is 15.8. The summed E-state index contributed by atoms with van der Waals surface area (Å²) in [6, 6.07) is 13.1. The lowest BCUT2D eigenvalue weighted by atomic mass is 10.2. The van der Waals surface area contributed by atoms with Crippen molar-refractivity contribution in [3.05, 3.63) is 76.0 Å². The van der Waals surface area contributed by atoms with Gasteiger partial charge >= 0.3 is 0 Å². The van der Waals surface area contributed by atoms with E-state index in [9.17, 15) is 9.18 Å². The number of aromatic nitrogens is 4. The van der Waals surface area contributed by atoms with E-state index in [1.54, 1.807) is 41.2 Å². The van der Waals surface area contributed by atoms with Crippen LogP contribution >= 0.6 is 34.7 Å². The first kappa shape index (κ1) is 18.8. The number of Topliss-reactive ketones (excluding diaryl/α,β-unsaturated/α-hetero) is 1. The standard InChI is InChI=1S/C19H12ClFN4OS2/c20-17-6-5-16(28-17)15(26)11-27-19-24-23-18(12-7-9-22-10-8-12)25(19)14-3-1-13(21)2-4-14/h1-10H,11H2. The van der Waals surface area contributed by atoms with Crippen LogP contribution in [-0.2, 0) is 0 Å². The summed E-state index contributed by atoms with van der Waals surface area (Å²) in [6.07, 6.45) is 3.33. The van der Waals surface area contributed by atoms with Gasteiger partial charge in [-0.2, -0.15) is 0 Å². The highest BCUT2D eigenvalue weighted by atomic mass is 35.5. The lowest BCUT2D eigenvalue weighted by Crippen LogP contribution is -2.03. The first-order valence-corrected chi connectivity index (χ1v) is 10.3. The fraction of sp³-hybridized carbons (Fsp3) is 0.0526. The van der Waals surface area contributed by atoms with Crippen LogP contribution in [0, 0.1) is 5.82 Å². The predicted octanol–water partition coefficient (Wildman–Crippen LogP) is 5.16. The van der Waals surface area contributed by atoms with Crippen molar-refractivity contribution >= 4 is 40.5 Å². The van der Waals surface area contributed by atoms with Gasteiger partial charge in [0, 0.05) is 23.6 Å². The number of hydrogen-bond acceptors (Lipinski definition) is 6. The molecule has 5 nitrogen and oxygen atoms in total. The Labute approximate surface area is 173 Å². The second-order valence-electron chi connectivity index (χ2n) is 5.67. The molecule has 3 aromatic heterocycles. The van der Waals surface area contributed by atoms with Gasteiger partial charge < -0.3 is 0 Å². The number of thiophene rings is 1. The molecule has 140 valence electrons. The molecule has 0 aliphatic carbocycles. The highest BCUT2D eigenvalue weighted by Crippen LogP contribution is 2.29. The Kier molecular flexibility index (Phi) is 5.52. The van der Waals surface area contributed by atoms with E-state index in [0.717, 1.165) is 5.56 Å². The molecule has 4 aromatic rings. The van der Waals surface area contributed by atoms with E-state index < -0.39 is 0 Å². The van der Waals surface area contributed by atoms with E-state index in [2.05, 4.69) is 15.2 Å². The van der Waals surface area contributed by atoms with E-state index >= 15 is 0 Å². The van der Waals surface area contributed by atoms with Gasteiger partial charge in [-0.05, 0) is 48.5 Å². The molecule has 0 aliphatic rings. The third-order valence-corrected chi connectivity index (χ3v) is 6.04. The zero-order valence-electron chi connectivity index (χ0n) is 14.3. The van der Waals surface area contributed by atoms with E-state index in [-0.39, 0.29) is 17.4 Å². The first-order valence-electron chi connectivity index (χ1n) is 8.15. The molecule has 0 fully saturated rings. The number of benzene rings is 1. The summed E-state index contributed by atoms with van der Waals surface area (Å²) in [5.41, 5.74) is 1.52. The monoisotopic (exact) mass is 430 g/mol. The van der Waals surface area contributed by atoms with Crippen LogP contribution in [-0.4, -0.2) is 31.3 Å². The van der Waals surface area contributed by atoms with Crippen LogP contribution in [0.1, 0.15) is 9.67 Å². The average molecular weight is 431 g/mol. The van der Waals surface area contributed by atoms with Gasteiger partial charge in [0.25, 0.3) is 0 Å². The third-order valence-electron chi connectivity index (χ3n) is 3.84. The molecule has 3 heterocycles. The molecule has 28 heavy (non-hydrogen) atoms. The second-order valence-corrected chi connectivity index (χ2v) is 8.33. The molecule has 0 amide bonds. The molecule has 0 saturated carbocycles. The van der Waals surface area contributed by atoms with Crippen molar-refractivity contribution in [1.29, 1.82) is 0 Å². The first-order chi connectivity index (χ1) is 13.6. The Hall–Kier alpha value is -2.55. The number of rotatable bonds is 6. The molecule has 1 aromatic carbocycles. The fourth-order valence-electron chi connectivity index (χ4n) is 2.54. The number of carbonyl (C=O) groups is 1. The summed E-state index contributed by atoms with van der Waals surface area (Å²) in [4.78, 5) is 17.0. The SMILES string of the molecule is O=C(CSc1nnc(-c2ccncc2)n1-c1ccc(F)cc1)c1ccc(Cl)s1. The van der Waals surface area contributed by atoms with Gasteiger partial charge in [-0.1, -0.05) is 23.4 Å². The number of pyridine rings is 1. The van der Waals surface area contributed by atoms with Crippen LogP contribution in [0.2, 0.25) is 4.34 Å². The molecular formula is C19H12ClFN4OS2. The molecule has 0 spiro atoms. The summed E-state index contributed by atoms with van der Waals surface area (Å²) in [6.45, 7) is 0. The van der Waals surface area contributed by atoms with Crippen LogP contribution in [0.3, 0.4) is 0 Å². The minimum Gasteiger partial charge on any atom is -0.292 e. The van der Waals surface area contributed by atoms with Crippen molar-refractivity contribution in [2.24, 2.45) is 0 Å². The Morgan fingerprint density at radius 3 is 2.50 bits per heavy atom. The molecule has 0 unspecified atom stereocenters. The molecule has 9 heteroatoms. The molecular weight excluding hydrogens is 419 g/mol. The van der Waals surface area contributed by atoms with Gasteiger partial charge in [-0.25, -0.2) is 4.39 Å². The molecule has 0 bridgehead atoms. The smallest absolute Gasteiger partial charge is 0.196 e. The van der Waals surface area contributed by atoms with Gasteiger partial charge in [0.05, 0.1) is 15.0 Å². The minimum absolute atomic E-state index is 0.0407. The quantitative estimate of drug-likeness (QED) is 0.312. The van der Waals surface area contributed by atoms with Crippen molar-refractivity contribution < 1.29 is 9.18 Å². The number of halogens is 2. The average Bonchev–Trinajstić information content (AvgIpc) is 3.34. The summed E-state index contributed by atoms with van der Waals surface area (Å²) in [5, 5.41) is 9.07. The van der Waals surface area contributed by atoms with Crippen LogP contribution < -0.4 is 0 Å². The zero-order chi connectivity index (χ0) is 19.5. The number of hydrogen-bond donors (Lipinski definition) is 0. The van der Waals surface area contributed by atoms with Gasteiger partial charge in [0.2, 0.25) is 0 Å². The largest absolute Gasteiger partial charge is 0.292 e. The van der Waals surface area contributed by atoms with Crippen molar-refractivity contribution in [3.63, 3.8) is 0 Å². The third kappa shape index (κ3) is 3.99. The van der Waals surface area contributed by atoms with Gasteiger partial charge in [-0.15, -0.1) is 21.5 Å². The zero-order valence-corrected chi connectivity index (χ0v) is 16.6. The highest BCUT2D eigenvalue weighted by molar-refractivity contribution is 7.99. The predicted molar refractivity (Wildman–Crippen MR) is 109 cm³/mol. The lowest BCUT2D eigenvalue weighted by molar-refractivity contribution is 0.102. The summed E-state index contributed by atoms with van der Waals surface area (Å²) >= 11 is 8.42. The Bertz CT molecular complexity index is 1110. The van der Waals surface area contributed by atoms with E-state index in [1.807, 2.05) is 12.1 Å². The van der Waals surface area contributed by atoms with Gasteiger partial charge in [0.1, 0.15) is 5.82 Å². The van der Waals surface area contributed by atoms with E-state index in [1.165, 1.54) is 35.2 Å². The molecule has 0 aliphatic heterocycles. The maximum Gasteiger partial charge on any atom is 0.196 e. The van der Waals surface area contributed by atoms with Crippen molar-refractivity contribution in [1.82, 2.24) is 19.7 Å². The van der Waals surface area contributed by atoms with Crippen LogP contribution in [0.15, 0.2) is 66.1 Å². The van der Waals surface area contributed by atoms with Crippen LogP contribution in [0.25, 0.3) is 17.1 Å². The fourth-order valence-corrected chi connectivity index (χ4v) is 4.45. The molecule has 0 radical (unpaired) electrons. The molecule has 4 rings (SSSR count). The van der Waals surface area contributed by atoms with Crippen molar-refractivity contribution in [3.8, 4) is 17.1 Å².